The van der Waals surface area contributed by atoms with Crippen molar-refractivity contribution in [3.63, 3.8) is 0 Å². The third-order valence-electron chi connectivity index (χ3n) is 7.52. The van der Waals surface area contributed by atoms with Gasteiger partial charge in [0.15, 0.2) is 0 Å². The molecule has 1 heterocycles. The van der Waals surface area contributed by atoms with Gasteiger partial charge in [-0.2, -0.15) is 0 Å². The maximum absolute atomic E-state index is 13.2. The van der Waals surface area contributed by atoms with Crippen molar-refractivity contribution in [2.24, 2.45) is 0 Å². The van der Waals surface area contributed by atoms with Crippen LogP contribution in [0.2, 0.25) is 0 Å². The predicted molar refractivity (Wildman–Crippen MR) is 137 cm³/mol. The highest BCUT2D eigenvalue weighted by Crippen LogP contribution is 2.34. The molecule has 1 fully saturated rings. The number of nitrogens with zero attached hydrogens (tertiary/aromatic N) is 3. The Kier molecular flexibility index (Phi) is 7.37. The Hall–Kier alpha value is -2.69. The monoisotopic (exact) mass is 436 g/mol. The van der Waals surface area contributed by atoms with Crippen molar-refractivity contribution in [3.8, 4) is 0 Å². The van der Waals surface area contributed by atoms with Crippen LogP contribution in [0.3, 0.4) is 0 Å². The number of carbonyl (C=O) groups excluding carboxylic acids is 1. The van der Waals surface area contributed by atoms with Gasteiger partial charge in [-0.15, -0.1) is 0 Å². The van der Waals surface area contributed by atoms with Gasteiger partial charge in [-0.1, -0.05) is 25.1 Å². The molecule has 1 aliphatic heterocycles. The van der Waals surface area contributed by atoms with Gasteiger partial charge >= 0.3 is 0 Å². The highest BCUT2D eigenvalue weighted by atomic mass is 16.2. The second kappa shape index (κ2) is 9.85. The standard InChI is InChI=1S/C27H40N4O/c1-8-22-11-9-10-12-24(22)31-15-13-23(14-16-31)30(7)25(32)17-29(6)27-20(4)18(2)26(28)19(3)21(27)5/h9-12,23H,8,13-17,28H2,1-7H3. The Morgan fingerprint density at radius 3 is 2.12 bits per heavy atom. The number of hydrogen-bond donors (Lipinski definition) is 1. The van der Waals surface area contributed by atoms with Gasteiger partial charge in [-0.05, 0) is 80.8 Å². The molecule has 0 unspecified atom stereocenters. The third kappa shape index (κ3) is 4.57. The first-order valence-electron chi connectivity index (χ1n) is 11.8. The van der Waals surface area contributed by atoms with Gasteiger partial charge in [0, 0.05) is 50.3 Å². The SMILES string of the molecule is CCc1ccccc1N1CCC(N(C)C(=O)CN(C)c2c(C)c(C)c(N)c(C)c2C)CC1. The highest BCUT2D eigenvalue weighted by Gasteiger charge is 2.27. The minimum Gasteiger partial charge on any atom is -0.398 e. The maximum atomic E-state index is 13.2. The molecule has 0 aromatic heterocycles. The first-order chi connectivity index (χ1) is 15.2. The molecule has 0 atom stereocenters. The second-order valence-corrected chi connectivity index (χ2v) is 9.32. The lowest BCUT2D eigenvalue weighted by Gasteiger charge is -2.39. The average Bonchev–Trinajstić information content (AvgIpc) is 2.81. The van der Waals surface area contributed by atoms with Crippen LogP contribution in [0.5, 0.6) is 0 Å². The summed E-state index contributed by atoms with van der Waals surface area (Å²) in [5, 5.41) is 0. The fourth-order valence-corrected chi connectivity index (χ4v) is 5.10. The molecule has 2 aromatic carbocycles. The van der Waals surface area contributed by atoms with Crippen LogP contribution in [0.4, 0.5) is 17.1 Å². The Balaban J connectivity index is 1.65. The Bertz CT molecular complexity index is 947. The second-order valence-electron chi connectivity index (χ2n) is 9.32. The van der Waals surface area contributed by atoms with Crippen LogP contribution in [0.1, 0.15) is 47.6 Å². The summed E-state index contributed by atoms with van der Waals surface area (Å²) in [6.07, 6.45) is 3.05. The molecule has 5 heteroatoms. The van der Waals surface area contributed by atoms with Crippen molar-refractivity contribution in [2.75, 3.05) is 49.3 Å². The van der Waals surface area contributed by atoms with E-state index < -0.39 is 0 Å². The van der Waals surface area contributed by atoms with Crippen molar-refractivity contribution in [2.45, 2.75) is 59.9 Å². The average molecular weight is 437 g/mol. The van der Waals surface area contributed by atoms with Crippen LogP contribution in [0, 0.1) is 27.7 Å². The van der Waals surface area contributed by atoms with Gasteiger partial charge in [0.1, 0.15) is 0 Å². The lowest BCUT2D eigenvalue weighted by Crippen LogP contribution is -2.48. The number of carbonyl (C=O) groups is 1. The number of rotatable bonds is 6. The lowest BCUT2D eigenvalue weighted by molar-refractivity contribution is -0.130. The minimum absolute atomic E-state index is 0.172. The minimum atomic E-state index is 0.172. The molecule has 0 saturated carbocycles. The molecular weight excluding hydrogens is 396 g/mol. The van der Waals surface area contributed by atoms with E-state index in [1.807, 2.05) is 19.0 Å². The summed E-state index contributed by atoms with van der Waals surface area (Å²) < 4.78 is 0. The summed E-state index contributed by atoms with van der Waals surface area (Å²) in [6, 6.07) is 8.97. The summed E-state index contributed by atoms with van der Waals surface area (Å²) in [5.74, 6) is 0.172. The Morgan fingerprint density at radius 1 is 1.00 bits per heavy atom. The zero-order chi connectivity index (χ0) is 23.6. The lowest BCUT2D eigenvalue weighted by atomic mass is 9.95. The van der Waals surface area contributed by atoms with E-state index >= 15 is 0 Å². The van der Waals surface area contributed by atoms with Crippen LogP contribution in [-0.2, 0) is 11.2 Å². The van der Waals surface area contributed by atoms with Crippen molar-refractivity contribution >= 4 is 23.0 Å². The van der Waals surface area contributed by atoms with Crippen LogP contribution in [0.25, 0.3) is 0 Å². The number of amides is 1. The van der Waals surface area contributed by atoms with E-state index in [1.165, 1.54) is 11.3 Å². The Morgan fingerprint density at radius 2 is 1.56 bits per heavy atom. The van der Waals surface area contributed by atoms with Crippen molar-refractivity contribution in [3.05, 3.63) is 52.1 Å². The zero-order valence-electron chi connectivity index (χ0n) is 21.0. The van der Waals surface area contributed by atoms with E-state index in [4.69, 9.17) is 5.73 Å². The number of nitrogens with two attached hydrogens (primary N) is 1. The molecule has 0 bridgehead atoms. The quantitative estimate of drug-likeness (QED) is 0.671. The molecule has 0 spiro atoms. The topological polar surface area (TPSA) is 52.8 Å². The number of piperidine rings is 1. The number of hydrogen-bond acceptors (Lipinski definition) is 4. The smallest absolute Gasteiger partial charge is 0.242 e. The van der Waals surface area contributed by atoms with Gasteiger partial charge in [0.05, 0.1) is 6.54 Å². The highest BCUT2D eigenvalue weighted by molar-refractivity contribution is 5.83. The van der Waals surface area contributed by atoms with E-state index in [9.17, 15) is 4.79 Å². The molecule has 1 amide bonds. The molecular formula is C27H40N4O. The van der Waals surface area contributed by atoms with Crippen LogP contribution < -0.4 is 15.5 Å². The van der Waals surface area contributed by atoms with E-state index in [0.717, 1.165) is 66.0 Å². The molecule has 0 aliphatic carbocycles. The molecule has 3 rings (SSSR count). The van der Waals surface area contributed by atoms with Crippen molar-refractivity contribution in [1.82, 2.24) is 4.90 Å². The van der Waals surface area contributed by atoms with Gasteiger partial charge in [0.25, 0.3) is 0 Å². The van der Waals surface area contributed by atoms with Crippen LogP contribution in [0.15, 0.2) is 24.3 Å². The molecule has 174 valence electrons. The molecule has 5 nitrogen and oxygen atoms in total. The molecule has 1 saturated heterocycles. The third-order valence-corrected chi connectivity index (χ3v) is 7.52. The van der Waals surface area contributed by atoms with E-state index in [0.29, 0.717) is 6.54 Å². The van der Waals surface area contributed by atoms with E-state index in [-0.39, 0.29) is 11.9 Å². The number of nitrogen functional groups attached to an aromatic ring is 1. The molecule has 1 aliphatic rings. The molecule has 2 N–H and O–H groups in total. The molecule has 2 aromatic rings. The fourth-order valence-electron chi connectivity index (χ4n) is 5.10. The summed E-state index contributed by atoms with van der Waals surface area (Å²) in [5.41, 5.74) is 15.5. The number of anilines is 3. The fraction of sp³-hybridized carbons (Fsp3) is 0.519. The normalized spacial score (nSPS) is 14.5. The summed E-state index contributed by atoms with van der Waals surface area (Å²) in [4.78, 5) is 19.7. The van der Waals surface area contributed by atoms with Crippen molar-refractivity contribution < 1.29 is 4.79 Å². The number of aryl methyl sites for hydroxylation is 1. The van der Waals surface area contributed by atoms with E-state index in [2.05, 4.69) is 68.7 Å². The van der Waals surface area contributed by atoms with Gasteiger partial charge < -0.3 is 20.4 Å². The van der Waals surface area contributed by atoms with Crippen LogP contribution in [-0.4, -0.2) is 50.6 Å². The number of para-hydroxylation sites is 1. The van der Waals surface area contributed by atoms with E-state index in [1.54, 1.807) is 0 Å². The van der Waals surface area contributed by atoms with Gasteiger partial charge in [-0.25, -0.2) is 0 Å². The maximum Gasteiger partial charge on any atom is 0.242 e. The molecule has 32 heavy (non-hydrogen) atoms. The first kappa shape index (κ1) is 24.0. The van der Waals surface area contributed by atoms with Gasteiger partial charge in [-0.3, -0.25) is 4.79 Å². The number of likely N-dealkylation sites (N-methyl/N-ethyl adjacent to an activating group) is 2. The predicted octanol–water partition coefficient (Wildman–Crippen LogP) is 4.63. The summed E-state index contributed by atoms with van der Waals surface area (Å²) >= 11 is 0. The zero-order valence-corrected chi connectivity index (χ0v) is 21.0. The van der Waals surface area contributed by atoms with Crippen molar-refractivity contribution in [1.29, 1.82) is 0 Å². The van der Waals surface area contributed by atoms with Gasteiger partial charge in [0.2, 0.25) is 5.91 Å². The Labute approximate surface area is 194 Å². The summed E-state index contributed by atoms with van der Waals surface area (Å²) in [7, 11) is 3.98. The first-order valence-corrected chi connectivity index (χ1v) is 11.8. The van der Waals surface area contributed by atoms with Crippen LogP contribution >= 0.6 is 0 Å². The number of benzene rings is 2. The summed E-state index contributed by atoms with van der Waals surface area (Å²) in [6.45, 7) is 12.9. The molecule has 0 radical (unpaired) electrons. The largest absolute Gasteiger partial charge is 0.398 e.